The molecule has 3 unspecified atom stereocenters. The van der Waals surface area contributed by atoms with Gasteiger partial charge in [0.05, 0.1) is 4.92 Å². The number of rotatable bonds is 16. The molecule has 0 radical (unpaired) electrons. The number of hydrogen-bond donors (Lipinski definition) is 3. The molecule has 4 rings (SSSR count). The van der Waals surface area contributed by atoms with Gasteiger partial charge in [-0.2, -0.15) is 0 Å². The van der Waals surface area contributed by atoms with Crippen LogP contribution in [0.4, 0.5) is 13.6 Å². The molecule has 0 heterocycles. The van der Waals surface area contributed by atoms with Gasteiger partial charge in [0, 0.05) is 67.0 Å². The number of hydrogen-bond acceptors (Lipinski definition) is 7. The van der Waals surface area contributed by atoms with E-state index in [0.717, 1.165) is 36.6 Å². The van der Waals surface area contributed by atoms with Crippen molar-refractivity contribution in [2.45, 2.75) is 58.2 Å². The van der Waals surface area contributed by atoms with E-state index in [0.29, 0.717) is 24.7 Å². The fourth-order valence-corrected chi connectivity index (χ4v) is 6.42. The summed E-state index contributed by atoms with van der Waals surface area (Å²) in [7, 11) is 0. The summed E-state index contributed by atoms with van der Waals surface area (Å²) in [6, 6.07) is 17.2. The lowest BCUT2D eigenvalue weighted by Crippen LogP contribution is -2.52. The van der Waals surface area contributed by atoms with E-state index in [2.05, 4.69) is 10.6 Å². The average molecular weight is 705 g/mol. The molecule has 13 heteroatoms. The van der Waals surface area contributed by atoms with Gasteiger partial charge in [0.15, 0.2) is 5.60 Å². The summed E-state index contributed by atoms with van der Waals surface area (Å²) in [5.74, 6) is -3.97. The third kappa shape index (κ3) is 9.85. The van der Waals surface area contributed by atoms with E-state index in [-0.39, 0.29) is 42.1 Å². The highest BCUT2D eigenvalue weighted by Crippen LogP contribution is 2.44. The molecule has 3 atom stereocenters. The van der Waals surface area contributed by atoms with Gasteiger partial charge in [-0.05, 0) is 73.7 Å². The number of ether oxygens (including phenoxy) is 1. The third-order valence-electron chi connectivity index (χ3n) is 8.57. The number of nitrogens with one attached hydrogen (secondary N) is 2. The van der Waals surface area contributed by atoms with Crippen molar-refractivity contribution >= 4 is 23.5 Å². The molecular formula is C38H42F2N4O7. The predicted octanol–water partition coefficient (Wildman–Crippen LogP) is 6.83. The van der Waals surface area contributed by atoms with Gasteiger partial charge in [-0.1, -0.05) is 50.2 Å². The summed E-state index contributed by atoms with van der Waals surface area (Å²) in [4.78, 5) is 52.4. The van der Waals surface area contributed by atoms with E-state index in [1.807, 2.05) is 44.2 Å². The quantitative estimate of drug-likeness (QED) is 0.0834. The molecule has 3 aromatic carbocycles. The van der Waals surface area contributed by atoms with Crippen LogP contribution in [0.3, 0.4) is 0 Å². The Hall–Kier alpha value is -5.43. The summed E-state index contributed by atoms with van der Waals surface area (Å²) < 4.78 is 34.7. The first-order valence-corrected chi connectivity index (χ1v) is 16.8. The third-order valence-corrected chi connectivity index (χ3v) is 8.57. The zero-order chi connectivity index (χ0) is 37.1. The van der Waals surface area contributed by atoms with Crippen molar-refractivity contribution in [2.75, 3.05) is 19.6 Å². The molecule has 3 N–H and O–H groups in total. The molecule has 0 spiro atoms. The molecule has 0 saturated heterocycles. The second-order valence-electron chi connectivity index (χ2n) is 12.5. The van der Waals surface area contributed by atoms with Gasteiger partial charge in [0.25, 0.3) is 17.5 Å². The molecule has 1 aliphatic carbocycles. The molecule has 0 bridgehead atoms. The maximum atomic E-state index is 14.6. The topological polar surface area (TPSA) is 151 Å². The number of benzene rings is 3. The molecule has 270 valence electrons. The minimum atomic E-state index is -1.81. The summed E-state index contributed by atoms with van der Waals surface area (Å²) >= 11 is 0. The number of nitrogens with zero attached hydrogens (tertiary/aromatic N) is 2. The van der Waals surface area contributed by atoms with Gasteiger partial charge in [-0.15, -0.1) is 0 Å². The molecule has 0 aromatic heterocycles. The molecule has 0 fully saturated rings. The number of carbonyl (C=O) groups is 3. The van der Waals surface area contributed by atoms with Crippen LogP contribution < -0.4 is 10.6 Å². The highest BCUT2D eigenvalue weighted by molar-refractivity contribution is 5.99. The Morgan fingerprint density at radius 3 is 2.24 bits per heavy atom. The summed E-state index contributed by atoms with van der Waals surface area (Å²) in [6.45, 7) is 6.78. The molecule has 11 nitrogen and oxygen atoms in total. The second kappa shape index (κ2) is 17.5. The van der Waals surface area contributed by atoms with Crippen molar-refractivity contribution in [1.82, 2.24) is 15.5 Å². The van der Waals surface area contributed by atoms with Gasteiger partial charge in [0.1, 0.15) is 11.6 Å². The van der Waals surface area contributed by atoms with Crippen molar-refractivity contribution in [3.63, 3.8) is 0 Å². The maximum Gasteiger partial charge on any atom is 0.506 e. The monoisotopic (exact) mass is 704 g/mol. The van der Waals surface area contributed by atoms with Crippen LogP contribution in [0.1, 0.15) is 71.9 Å². The van der Waals surface area contributed by atoms with Crippen molar-refractivity contribution in [2.24, 2.45) is 5.92 Å². The molecule has 0 aliphatic heterocycles. The first-order valence-electron chi connectivity index (χ1n) is 16.8. The van der Waals surface area contributed by atoms with Crippen LogP contribution in [0, 0.1) is 27.7 Å². The van der Waals surface area contributed by atoms with Crippen molar-refractivity contribution < 1.29 is 37.9 Å². The van der Waals surface area contributed by atoms with Gasteiger partial charge >= 0.3 is 6.16 Å². The van der Waals surface area contributed by atoms with Crippen LogP contribution >= 0.6 is 0 Å². The predicted molar refractivity (Wildman–Crippen MR) is 187 cm³/mol. The zero-order valence-electron chi connectivity index (χ0n) is 28.7. The fraction of sp³-hybridized carbons (Fsp3) is 0.342. The Morgan fingerprint density at radius 1 is 0.980 bits per heavy atom. The van der Waals surface area contributed by atoms with E-state index in [1.54, 1.807) is 30.0 Å². The Bertz CT molecular complexity index is 1770. The number of halogens is 2. The fourth-order valence-electron chi connectivity index (χ4n) is 6.42. The van der Waals surface area contributed by atoms with Crippen LogP contribution in [0.15, 0.2) is 90.6 Å². The summed E-state index contributed by atoms with van der Waals surface area (Å²) in [5, 5.41) is 28.3. The number of amides is 2. The number of carboxylic acid groups (broad SMARTS) is 1. The second-order valence-corrected chi connectivity index (χ2v) is 12.5. The Balaban J connectivity index is 1.72. The van der Waals surface area contributed by atoms with Gasteiger partial charge < -0.3 is 25.4 Å². The van der Waals surface area contributed by atoms with Gasteiger partial charge in [0.2, 0.25) is 0 Å². The molecule has 1 aliphatic rings. The lowest BCUT2D eigenvalue weighted by atomic mass is 9.71. The Labute approximate surface area is 295 Å². The van der Waals surface area contributed by atoms with Crippen molar-refractivity contribution in [3.05, 3.63) is 135 Å². The average Bonchev–Trinajstić information content (AvgIpc) is 3.08. The van der Waals surface area contributed by atoms with Crippen molar-refractivity contribution in [3.8, 4) is 0 Å². The SMILES string of the molecule is CCCN(CCC)C(=O)c1cccc(C(=O)NC(C)CC2C(c3cc(F)cc(F)c3)=C([N+](=O)[O-])C=CC2(CNCc2ccccc2)OC(=O)O)c1. The first kappa shape index (κ1) is 38.4. The van der Waals surface area contributed by atoms with E-state index < -0.39 is 51.9 Å². The van der Waals surface area contributed by atoms with E-state index in [4.69, 9.17) is 4.74 Å². The van der Waals surface area contributed by atoms with Crippen LogP contribution in [-0.2, 0) is 11.3 Å². The standard InChI is InChI=1S/C38H42F2N4O7/c1-4-16-43(17-5-2)36(46)28-13-9-12-27(19-28)35(45)42-25(3)18-32-34(29-20-30(39)22-31(40)21-29)33(44(49)50)14-15-38(32,51-37(47)48)24-41-23-26-10-7-6-8-11-26/h6-15,19-22,25,32,41H,4-5,16-18,23-24H2,1-3H3,(H,42,45)(H,47,48). The summed E-state index contributed by atoms with van der Waals surface area (Å²) in [5.41, 5.74) is -1.27. The molecule has 3 aromatic rings. The van der Waals surface area contributed by atoms with Crippen LogP contribution in [0.2, 0.25) is 0 Å². The first-order chi connectivity index (χ1) is 24.4. The van der Waals surface area contributed by atoms with Crippen LogP contribution in [0.5, 0.6) is 0 Å². The van der Waals surface area contributed by atoms with Crippen molar-refractivity contribution in [1.29, 1.82) is 0 Å². The smallest absolute Gasteiger partial charge is 0.450 e. The number of carbonyl (C=O) groups excluding carboxylic acids is 2. The van der Waals surface area contributed by atoms with Crippen LogP contribution in [0.25, 0.3) is 5.57 Å². The molecule has 51 heavy (non-hydrogen) atoms. The minimum absolute atomic E-state index is 0.152. The lowest BCUT2D eigenvalue weighted by molar-refractivity contribution is -0.418. The summed E-state index contributed by atoms with van der Waals surface area (Å²) in [6.07, 6.45) is 2.05. The highest BCUT2D eigenvalue weighted by Gasteiger charge is 2.49. The molecule has 0 saturated carbocycles. The van der Waals surface area contributed by atoms with E-state index >= 15 is 0 Å². The number of nitro groups is 1. The molecule has 2 amide bonds. The zero-order valence-corrected chi connectivity index (χ0v) is 28.7. The van der Waals surface area contributed by atoms with E-state index in [1.165, 1.54) is 12.1 Å². The minimum Gasteiger partial charge on any atom is -0.450 e. The normalized spacial score (nSPS) is 17.5. The lowest BCUT2D eigenvalue weighted by Gasteiger charge is -2.41. The number of allylic oxidation sites excluding steroid dienone is 1. The van der Waals surface area contributed by atoms with Gasteiger partial charge in [-0.3, -0.25) is 19.7 Å². The maximum absolute atomic E-state index is 14.6. The largest absolute Gasteiger partial charge is 0.506 e. The highest BCUT2D eigenvalue weighted by atomic mass is 19.1. The van der Waals surface area contributed by atoms with E-state index in [9.17, 15) is 38.4 Å². The molecular weight excluding hydrogens is 662 g/mol. The Morgan fingerprint density at radius 2 is 1.63 bits per heavy atom. The van der Waals surface area contributed by atoms with Gasteiger partial charge in [-0.25, -0.2) is 13.6 Å². The van der Waals surface area contributed by atoms with Crippen LogP contribution in [-0.4, -0.2) is 64.2 Å². The Kier molecular flexibility index (Phi) is 13.2.